The molecule has 3 atom stereocenters. The number of piperidine rings is 1. The first-order valence-electron chi connectivity index (χ1n) is 9.51. The zero-order valence-corrected chi connectivity index (χ0v) is 15.2. The molecule has 2 aliphatic rings. The molecule has 0 saturated carbocycles. The number of phenols is 1. The minimum atomic E-state index is 0.177. The predicted molar refractivity (Wildman–Crippen MR) is 103 cm³/mol. The summed E-state index contributed by atoms with van der Waals surface area (Å²) in [7, 11) is 0. The van der Waals surface area contributed by atoms with Gasteiger partial charge in [-0.3, -0.25) is 4.98 Å². The zero-order valence-electron chi connectivity index (χ0n) is 15.2. The minimum Gasteiger partial charge on any atom is -0.507 e. The lowest BCUT2D eigenvalue weighted by molar-refractivity contribution is 0.130. The topological polar surface area (TPSA) is 80.2 Å². The third kappa shape index (κ3) is 3.10. The number of fused-ring (bicyclic) bond motifs is 3. The number of aromatic hydroxyl groups is 1. The Morgan fingerprint density at radius 3 is 2.63 bits per heavy atom. The molecule has 1 aromatic carbocycles. The molecule has 2 N–H and O–H groups in total. The Morgan fingerprint density at radius 2 is 1.89 bits per heavy atom. The molecule has 2 bridgehead atoms. The third-order valence-corrected chi connectivity index (χ3v) is 5.71. The number of pyridine rings is 1. The van der Waals surface area contributed by atoms with Crippen LogP contribution in [0.15, 0.2) is 36.5 Å². The number of hydrogen-bond acceptors (Lipinski definition) is 6. The van der Waals surface area contributed by atoms with Crippen molar-refractivity contribution in [2.75, 3.05) is 0 Å². The molecule has 2 saturated heterocycles. The second-order valence-corrected chi connectivity index (χ2v) is 7.59. The summed E-state index contributed by atoms with van der Waals surface area (Å²) < 4.78 is 6.06. The van der Waals surface area contributed by atoms with Crippen LogP contribution in [0.4, 0.5) is 0 Å². The van der Waals surface area contributed by atoms with E-state index in [1.54, 1.807) is 12.3 Å². The van der Waals surface area contributed by atoms with Gasteiger partial charge in [0, 0.05) is 41.0 Å². The van der Waals surface area contributed by atoms with E-state index in [1.165, 1.54) is 12.8 Å². The SMILES string of the molecule is Cc1nccc2cc(-c3ccc(O[C@@H]4C[C@H]5CC[C@@H](C4)N5)nn3)c(O)cc12. The van der Waals surface area contributed by atoms with Gasteiger partial charge in [-0.1, -0.05) is 0 Å². The highest BCUT2D eigenvalue weighted by Gasteiger charge is 2.34. The van der Waals surface area contributed by atoms with Crippen molar-refractivity contribution in [3.05, 3.63) is 42.2 Å². The number of nitrogens with zero attached hydrogens (tertiary/aromatic N) is 3. The van der Waals surface area contributed by atoms with Gasteiger partial charge in [-0.25, -0.2) is 0 Å². The number of hydrogen-bond donors (Lipinski definition) is 2. The quantitative estimate of drug-likeness (QED) is 0.744. The zero-order chi connectivity index (χ0) is 18.4. The summed E-state index contributed by atoms with van der Waals surface area (Å²) in [5, 5.41) is 24.5. The van der Waals surface area contributed by atoms with Crippen molar-refractivity contribution in [3.8, 4) is 22.9 Å². The van der Waals surface area contributed by atoms with Crippen molar-refractivity contribution >= 4 is 10.8 Å². The molecule has 3 aromatic rings. The van der Waals surface area contributed by atoms with E-state index in [0.29, 0.717) is 29.2 Å². The maximum Gasteiger partial charge on any atom is 0.233 e. The summed E-state index contributed by atoms with van der Waals surface area (Å²) in [6, 6.07) is 10.4. The van der Waals surface area contributed by atoms with Gasteiger partial charge in [-0.15, -0.1) is 10.2 Å². The molecule has 4 heterocycles. The van der Waals surface area contributed by atoms with Gasteiger partial charge in [0.05, 0.1) is 5.69 Å². The summed E-state index contributed by atoms with van der Waals surface area (Å²) in [6.07, 6.45) is 6.51. The number of rotatable bonds is 3. The highest BCUT2D eigenvalue weighted by Crippen LogP contribution is 2.34. The standard InChI is InChI=1S/C21H22N4O2/c1-12-17-11-20(26)18(8-13(17)6-7-22-12)19-4-5-21(25-24-19)27-16-9-14-2-3-15(10-16)23-14/h4-8,11,14-16,23,26H,2-3,9-10H2,1H3/t14-,15+,16-. The molecule has 27 heavy (non-hydrogen) atoms. The van der Waals surface area contributed by atoms with Crippen LogP contribution in [0.5, 0.6) is 11.6 Å². The fourth-order valence-corrected chi connectivity index (χ4v) is 4.36. The molecule has 0 radical (unpaired) electrons. The lowest BCUT2D eigenvalue weighted by Gasteiger charge is -2.28. The number of phenolic OH excluding ortho intramolecular Hbond substituents is 1. The van der Waals surface area contributed by atoms with Gasteiger partial charge < -0.3 is 15.2 Å². The normalized spacial score (nSPS) is 24.3. The molecule has 0 amide bonds. The molecular weight excluding hydrogens is 340 g/mol. The van der Waals surface area contributed by atoms with E-state index in [2.05, 4.69) is 20.5 Å². The highest BCUT2D eigenvalue weighted by molar-refractivity contribution is 5.91. The Kier molecular flexibility index (Phi) is 3.93. The first-order chi connectivity index (χ1) is 13.2. The average Bonchev–Trinajstić information content (AvgIpc) is 3.01. The van der Waals surface area contributed by atoms with Gasteiger partial charge in [0.25, 0.3) is 0 Å². The Hall–Kier alpha value is -2.73. The first-order valence-corrected chi connectivity index (χ1v) is 9.51. The summed E-state index contributed by atoms with van der Waals surface area (Å²) in [6.45, 7) is 1.93. The molecule has 5 rings (SSSR count). The lowest BCUT2D eigenvalue weighted by Crippen LogP contribution is -2.42. The Balaban J connectivity index is 1.38. The van der Waals surface area contributed by atoms with Crippen molar-refractivity contribution < 1.29 is 9.84 Å². The van der Waals surface area contributed by atoms with Crippen LogP contribution in [0.3, 0.4) is 0 Å². The molecule has 6 nitrogen and oxygen atoms in total. The van der Waals surface area contributed by atoms with Gasteiger partial charge in [0.2, 0.25) is 5.88 Å². The Labute approximate surface area is 157 Å². The van der Waals surface area contributed by atoms with Crippen LogP contribution in [-0.2, 0) is 0 Å². The predicted octanol–water partition coefficient (Wildman–Crippen LogP) is 3.37. The molecule has 2 fully saturated rings. The number of nitrogens with one attached hydrogen (secondary N) is 1. The van der Waals surface area contributed by atoms with Crippen LogP contribution in [0, 0.1) is 6.92 Å². The van der Waals surface area contributed by atoms with Crippen LogP contribution < -0.4 is 10.1 Å². The molecule has 0 unspecified atom stereocenters. The molecule has 2 aromatic heterocycles. The monoisotopic (exact) mass is 362 g/mol. The Morgan fingerprint density at radius 1 is 1.07 bits per heavy atom. The molecule has 6 heteroatoms. The van der Waals surface area contributed by atoms with Crippen LogP contribution in [0.25, 0.3) is 22.0 Å². The van der Waals surface area contributed by atoms with Crippen LogP contribution in [-0.4, -0.2) is 38.5 Å². The van der Waals surface area contributed by atoms with E-state index in [-0.39, 0.29) is 11.9 Å². The average molecular weight is 362 g/mol. The number of ether oxygens (including phenoxy) is 1. The summed E-state index contributed by atoms with van der Waals surface area (Å²) in [5.74, 6) is 0.724. The van der Waals surface area contributed by atoms with Crippen molar-refractivity contribution in [2.45, 2.75) is 50.8 Å². The fourth-order valence-electron chi connectivity index (χ4n) is 4.36. The highest BCUT2D eigenvalue weighted by atomic mass is 16.5. The molecule has 0 aliphatic carbocycles. The largest absolute Gasteiger partial charge is 0.507 e. The van der Waals surface area contributed by atoms with E-state index in [4.69, 9.17) is 4.74 Å². The van der Waals surface area contributed by atoms with Crippen molar-refractivity contribution in [1.82, 2.24) is 20.5 Å². The van der Waals surface area contributed by atoms with E-state index in [1.807, 2.05) is 31.2 Å². The van der Waals surface area contributed by atoms with Crippen molar-refractivity contribution in [3.63, 3.8) is 0 Å². The van der Waals surface area contributed by atoms with Crippen molar-refractivity contribution in [1.29, 1.82) is 0 Å². The maximum atomic E-state index is 10.4. The second-order valence-electron chi connectivity index (χ2n) is 7.59. The number of aryl methyl sites for hydroxylation is 1. The van der Waals surface area contributed by atoms with E-state index < -0.39 is 0 Å². The summed E-state index contributed by atoms with van der Waals surface area (Å²) in [5.41, 5.74) is 2.17. The Bertz CT molecular complexity index is 977. The van der Waals surface area contributed by atoms with Crippen LogP contribution in [0.1, 0.15) is 31.4 Å². The second kappa shape index (κ2) is 6.46. The smallest absolute Gasteiger partial charge is 0.233 e. The van der Waals surface area contributed by atoms with Gasteiger partial charge in [-0.05, 0) is 62.3 Å². The van der Waals surface area contributed by atoms with Gasteiger partial charge in [0.15, 0.2) is 0 Å². The first kappa shape index (κ1) is 16.4. The van der Waals surface area contributed by atoms with E-state index >= 15 is 0 Å². The van der Waals surface area contributed by atoms with Crippen molar-refractivity contribution in [2.24, 2.45) is 0 Å². The van der Waals surface area contributed by atoms with E-state index in [9.17, 15) is 5.11 Å². The number of aromatic nitrogens is 3. The number of benzene rings is 1. The van der Waals surface area contributed by atoms with Crippen LogP contribution in [0.2, 0.25) is 0 Å². The summed E-state index contributed by atoms with van der Waals surface area (Å²) >= 11 is 0. The molecule has 2 aliphatic heterocycles. The molecule has 0 spiro atoms. The van der Waals surface area contributed by atoms with Gasteiger partial charge >= 0.3 is 0 Å². The fraction of sp³-hybridized carbons (Fsp3) is 0.381. The lowest BCUT2D eigenvalue weighted by atomic mass is 10.0. The van der Waals surface area contributed by atoms with E-state index in [0.717, 1.165) is 29.3 Å². The summed E-state index contributed by atoms with van der Waals surface area (Å²) in [4.78, 5) is 4.27. The molecular formula is C21H22N4O2. The van der Waals surface area contributed by atoms with Gasteiger partial charge in [0.1, 0.15) is 11.9 Å². The third-order valence-electron chi connectivity index (χ3n) is 5.71. The maximum absolute atomic E-state index is 10.4. The van der Waals surface area contributed by atoms with Crippen LogP contribution >= 0.6 is 0 Å². The van der Waals surface area contributed by atoms with Gasteiger partial charge in [-0.2, -0.15) is 0 Å². The molecule has 138 valence electrons. The minimum absolute atomic E-state index is 0.177.